The third-order valence-corrected chi connectivity index (χ3v) is 6.14. The van der Waals surface area contributed by atoms with Gasteiger partial charge < -0.3 is 24.8 Å². The molecule has 0 spiro atoms. The monoisotopic (exact) mass is 383 g/mol. The maximum absolute atomic E-state index is 2.41. The molecule has 0 aliphatic heterocycles. The average molecular weight is 383 g/mol. The van der Waals surface area contributed by atoms with Crippen LogP contribution in [0.3, 0.4) is 0 Å². The van der Waals surface area contributed by atoms with E-state index in [-0.39, 0.29) is 24.8 Å². The van der Waals surface area contributed by atoms with E-state index in [0.29, 0.717) is 0 Å². The molecule has 1 fully saturated rings. The fourth-order valence-electron chi connectivity index (χ4n) is 2.20. The van der Waals surface area contributed by atoms with E-state index in [0.717, 1.165) is 15.5 Å². The maximum Gasteiger partial charge on any atom is -1.00 e. The van der Waals surface area contributed by atoms with E-state index in [1.54, 1.807) is 5.57 Å². The minimum Gasteiger partial charge on any atom is -1.00 e. The number of allylic oxidation sites excluding steroid dienone is 4. The van der Waals surface area contributed by atoms with E-state index >= 15 is 0 Å². The van der Waals surface area contributed by atoms with Gasteiger partial charge in [-0.25, -0.2) is 0 Å². The summed E-state index contributed by atoms with van der Waals surface area (Å²) in [6.07, 6.45) is 9.70. The number of hydrogen-bond acceptors (Lipinski definition) is 0. The molecular formula is C10H13Cl2Hf. The number of hydrogen-bond donors (Lipinski definition) is 0. The first kappa shape index (κ1) is 13.9. The summed E-state index contributed by atoms with van der Waals surface area (Å²) in [5.41, 5.74) is 1.77. The summed E-state index contributed by atoms with van der Waals surface area (Å²) in [5.74, 6) is 1.90. The number of rotatable bonds is 0. The molecule has 2 rings (SSSR count). The molecule has 0 amide bonds. The molecule has 3 heteroatoms. The summed E-state index contributed by atoms with van der Waals surface area (Å²) < 4.78 is 0.977. The van der Waals surface area contributed by atoms with Crippen LogP contribution in [0, 0.1) is 11.8 Å². The second-order valence-corrected chi connectivity index (χ2v) is 5.95. The third-order valence-electron chi connectivity index (χ3n) is 2.90. The Kier molecular flexibility index (Phi) is 6.13. The van der Waals surface area contributed by atoms with Crippen molar-refractivity contribution < 1.29 is 49.2 Å². The molecule has 71 valence electrons. The van der Waals surface area contributed by atoms with Crippen molar-refractivity contribution in [3.8, 4) is 0 Å². The van der Waals surface area contributed by atoms with Crippen LogP contribution in [0.15, 0.2) is 23.8 Å². The first-order valence-corrected chi connectivity index (χ1v) is 6.44. The molecule has 0 radical (unpaired) electrons. The van der Waals surface area contributed by atoms with Crippen LogP contribution in [-0.2, 0) is 24.4 Å². The minimum atomic E-state index is 0. The second-order valence-electron chi connectivity index (χ2n) is 3.72. The van der Waals surface area contributed by atoms with Gasteiger partial charge in [0.05, 0.1) is 0 Å². The maximum atomic E-state index is 2.41. The van der Waals surface area contributed by atoms with E-state index in [4.69, 9.17) is 0 Å². The van der Waals surface area contributed by atoms with Crippen LogP contribution >= 0.6 is 0 Å². The second kappa shape index (κ2) is 5.72. The minimum absolute atomic E-state index is 0. The Morgan fingerprint density at radius 1 is 1.38 bits per heavy atom. The van der Waals surface area contributed by atoms with Gasteiger partial charge in [0.25, 0.3) is 0 Å². The smallest absolute Gasteiger partial charge is 1.00 e. The Labute approximate surface area is 108 Å². The number of halogens is 2. The normalized spacial score (nSPS) is 35.6. The van der Waals surface area contributed by atoms with Crippen LogP contribution in [-0.4, -0.2) is 0 Å². The van der Waals surface area contributed by atoms with Gasteiger partial charge in [-0.15, -0.1) is 0 Å². The van der Waals surface area contributed by atoms with Crippen LogP contribution in [0.5, 0.6) is 0 Å². The van der Waals surface area contributed by atoms with Gasteiger partial charge in [0.1, 0.15) is 0 Å². The summed E-state index contributed by atoms with van der Waals surface area (Å²) in [5, 5.41) is 0. The standard InChI is InChI=1S/C10H13.2ClH.Hf/c1-8-6-9-4-2-3-5-10(9)7-8;;;/h2-4,6,8,10H,5,7H2,1H3;2*1H;/q;;;+2/p-2. The molecule has 0 aromatic rings. The molecule has 0 N–H and O–H groups in total. The molecule has 0 saturated heterocycles. The van der Waals surface area contributed by atoms with E-state index < -0.39 is 0 Å². The molecular weight excluding hydrogens is 370 g/mol. The van der Waals surface area contributed by atoms with Crippen molar-refractivity contribution in [1.29, 1.82) is 0 Å². The molecule has 1 saturated carbocycles. The van der Waals surface area contributed by atoms with Gasteiger partial charge in [-0.2, -0.15) is 0 Å². The molecule has 0 aromatic carbocycles. The van der Waals surface area contributed by atoms with E-state index in [9.17, 15) is 0 Å². The van der Waals surface area contributed by atoms with Crippen molar-refractivity contribution in [3.05, 3.63) is 23.8 Å². The molecule has 0 aromatic heterocycles. The SMILES string of the molecule is CC1CC2CC=CC=C2[CH]1[Hf+2].[Cl-].[Cl-]. The first-order valence-electron chi connectivity index (χ1n) is 4.37. The predicted octanol–water partition coefficient (Wildman–Crippen LogP) is -3.13. The van der Waals surface area contributed by atoms with Gasteiger partial charge in [-0.3, -0.25) is 0 Å². The van der Waals surface area contributed by atoms with Gasteiger partial charge in [0.2, 0.25) is 0 Å². The summed E-state index contributed by atoms with van der Waals surface area (Å²) in [7, 11) is 0. The van der Waals surface area contributed by atoms with Crippen molar-refractivity contribution in [2.75, 3.05) is 0 Å². The largest absolute Gasteiger partial charge is 1.00 e. The van der Waals surface area contributed by atoms with Crippen molar-refractivity contribution in [2.24, 2.45) is 11.8 Å². The molecule has 0 heterocycles. The van der Waals surface area contributed by atoms with Crippen LogP contribution < -0.4 is 24.8 Å². The van der Waals surface area contributed by atoms with Crippen LogP contribution in [0.1, 0.15) is 19.8 Å². The van der Waals surface area contributed by atoms with Gasteiger partial charge >= 0.3 is 83.5 Å². The van der Waals surface area contributed by atoms with Crippen LogP contribution in [0.2, 0.25) is 3.67 Å². The van der Waals surface area contributed by atoms with Crippen LogP contribution in [0.25, 0.3) is 0 Å². The van der Waals surface area contributed by atoms with Crippen molar-refractivity contribution in [1.82, 2.24) is 0 Å². The van der Waals surface area contributed by atoms with E-state index in [2.05, 4.69) is 25.2 Å². The van der Waals surface area contributed by atoms with Crippen LogP contribution in [0.4, 0.5) is 0 Å². The Bertz CT molecular complexity index is 219. The zero-order valence-electron chi connectivity index (χ0n) is 7.63. The van der Waals surface area contributed by atoms with E-state index in [1.807, 2.05) is 0 Å². The van der Waals surface area contributed by atoms with Crippen molar-refractivity contribution in [3.63, 3.8) is 0 Å². The quantitative estimate of drug-likeness (QED) is 0.389. The summed E-state index contributed by atoms with van der Waals surface area (Å²) >= 11 is 1.35. The molecule has 2 aliphatic rings. The molecule has 0 bridgehead atoms. The third kappa shape index (κ3) is 2.70. The first-order chi connectivity index (χ1) is 5.29. The Balaban J connectivity index is 0.000000720. The van der Waals surface area contributed by atoms with Gasteiger partial charge in [-0.1, -0.05) is 0 Å². The van der Waals surface area contributed by atoms with Crippen molar-refractivity contribution in [2.45, 2.75) is 23.4 Å². The summed E-state index contributed by atoms with van der Waals surface area (Å²) in [4.78, 5) is 0. The average Bonchev–Trinajstić information content (AvgIpc) is 2.30. The van der Waals surface area contributed by atoms with Crippen molar-refractivity contribution >= 4 is 0 Å². The van der Waals surface area contributed by atoms with Gasteiger partial charge in [-0.05, 0) is 0 Å². The summed E-state index contributed by atoms with van der Waals surface area (Å²) in [6.45, 7) is 2.41. The Morgan fingerprint density at radius 3 is 2.69 bits per heavy atom. The van der Waals surface area contributed by atoms with Gasteiger partial charge in [0, 0.05) is 0 Å². The summed E-state index contributed by atoms with van der Waals surface area (Å²) in [6, 6.07) is 0. The zero-order chi connectivity index (χ0) is 7.84. The van der Waals surface area contributed by atoms with Gasteiger partial charge in [0.15, 0.2) is 0 Å². The molecule has 3 unspecified atom stereocenters. The Hall–Kier alpha value is 0.930. The molecule has 2 aliphatic carbocycles. The number of fused-ring (bicyclic) bond motifs is 1. The fourth-order valence-corrected chi connectivity index (χ4v) is 3.88. The predicted molar refractivity (Wildman–Crippen MR) is 42.9 cm³/mol. The molecule has 3 atom stereocenters. The fraction of sp³-hybridized carbons (Fsp3) is 0.600. The topological polar surface area (TPSA) is 0 Å². The molecule has 13 heavy (non-hydrogen) atoms. The van der Waals surface area contributed by atoms with E-state index in [1.165, 1.54) is 37.2 Å². The Morgan fingerprint density at radius 2 is 2.08 bits per heavy atom. The zero-order valence-corrected chi connectivity index (χ0v) is 12.7. The molecule has 0 nitrogen and oxygen atoms in total.